The lowest BCUT2D eigenvalue weighted by molar-refractivity contribution is -0.137. The zero-order valence-electron chi connectivity index (χ0n) is 18.4. The monoisotopic (exact) mass is 436 g/mol. The summed E-state index contributed by atoms with van der Waals surface area (Å²) in [4.78, 5) is 27.5. The van der Waals surface area contributed by atoms with Gasteiger partial charge in [0.15, 0.2) is 0 Å². The molecular weight excluding hydrogens is 391 g/mol. The molecule has 7 heteroatoms. The van der Waals surface area contributed by atoms with Gasteiger partial charge >= 0.3 is 13.8 Å². The Morgan fingerprint density at radius 1 is 0.552 bits per heavy atom. The van der Waals surface area contributed by atoms with Crippen molar-refractivity contribution >= 4 is 13.8 Å². The highest BCUT2D eigenvalue weighted by Gasteiger charge is 2.12. The Morgan fingerprint density at radius 2 is 0.828 bits per heavy atom. The maximum atomic E-state index is 10.5. The molecule has 0 unspecified atom stereocenters. The van der Waals surface area contributed by atoms with Crippen molar-refractivity contribution in [2.24, 2.45) is 0 Å². The van der Waals surface area contributed by atoms with Crippen LogP contribution in [0.1, 0.15) is 128 Å². The molecule has 0 spiro atoms. The van der Waals surface area contributed by atoms with Crippen molar-refractivity contribution < 1.29 is 28.8 Å². The first kappa shape index (κ1) is 28.6. The van der Waals surface area contributed by atoms with E-state index in [-0.39, 0.29) is 6.61 Å². The molecule has 0 atom stereocenters. The molecule has 0 aliphatic rings. The van der Waals surface area contributed by atoms with Gasteiger partial charge in [-0.3, -0.25) is 9.32 Å². The van der Waals surface area contributed by atoms with Gasteiger partial charge in [0.2, 0.25) is 0 Å². The quantitative estimate of drug-likeness (QED) is 0.118. The van der Waals surface area contributed by atoms with E-state index in [9.17, 15) is 9.36 Å². The van der Waals surface area contributed by atoms with Crippen LogP contribution in [0.25, 0.3) is 0 Å². The SMILES string of the molecule is O=C(O)CCCCCCCCCCCCCCCCCCCCCOP(=O)(O)O. The molecule has 0 amide bonds. The summed E-state index contributed by atoms with van der Waals surface area (Å²) in [5.41, 5.74) is 0. The van der Waals surface area contributed by atoms with Crippen LogP contribution in [0.4, 0.5) is 0 Å². The van der Waals surface area contributed by atoms with Crippen LogP contribution in [0.3, 0.4) is 0 Å². The van der Waals surface area contributed by atoms with Crippen LogP contribution >= 0.6 is 7.82 Å². The molecule has 0 aliphatic carbocycles. The molecule has 174 valence electrons. The summed E-state index contributed by atoms with van der Waals surface area (Å²) in [6.07, 6.45) is 23.2. The Kier molecular flexibility index (Phi) is 20.5. The van der Waals surface area contributed by atoms with Crippen LogP contribution in [0.15, 0.2) is 0 Å². The maximum Gasteiger partial charge on any atom is 0.469 e. The normalized spacial score (nSPS) is 11.8. The number of carboxylic acids is 1. The smallest absolute Gasteiger partial charge is 0.469 e. The maximum absolute atomic E-state index is 10.5. The van der Waals surface area contributed by atoms with Gasteiger partial charge in [-0.15, -0.1) is 0 Å². The van der Waals surface area contributed by atoms with Gasteiger partial charge in [-0.05, 0) is 12.8 Å². The van der Waals surface area contributed by atoms with E-state index in [1.807, 2.05) is 0 Å². The molecular formula is C22H45O6P. The molecule has 29 heavy (non-hydrogen) atoms. The minimum absolute atomic E-state index is 0.152. The number of phosphoric ester groups is 1. The fourth-order valence-electron chi connectivity index (χ4n) is 3.57. The summed E-state index contributed by atoms with van der Waals surface area (Å²) < 4.78 is 14.9. The molecule has 0 rings (SSSR count). The van der Waals surface area contributed by atoms with E-state index in [2.05, 4.69) is 4.52 Å². The molecule has 6 nitrogen and oxygen atoms in total. The molecule has 0 saturated carbocycles. The molecule has 0 aromatic heterocycles. The first-order valence-corrected chi connectivity index (χ1v) is 13.4. The number of carboxylic acid groups (broad SMARTS) is 1. The number of unbranched alkanes of at least 4 members (excludes halogenated alkanes) is 18. The van der Waals surface area contributed by atoms with Crippen molar-refractivity contribution in [2.75, 3.05) is 6.61 Å². The summed E-state index contributed by atoms with van der Waals surface area (Å²) in [5, 5.41) is 8.57. The molecule has 0 bridgehead atoms. The molecule has 0 radical (unpaired) electrons. The van der Waals surface area contributed by atoms with E-state index < -0.39 is 13.8 Å². The average Bonchev–Trinajstić information content (AvgIpc) is 2.64. The third kappa shape index (κ3) is 27.6. The molecule has 0 aromatic carbocycles. The summed E-state index contributed by atoms with van der Waals surface area (Å²) in [6.45, 7) is 0.152. The fourth-order valence-corrected chi connectivity index (χ4v) is 3.93. The summed E-state index contributed by atoms with van der Waals surface area (Å²) in [6, 6.07) is 0. The van der Waals surface area contributed by atoms with Gasteiger partial charge in [0, 0.05) is 6.42 Å². The predicted molar refractivity (Wildman–Crippen MR) is 118 cm³/mol. The molecule has 0 aliphatic heterocycles. The van der Waals surface area contributed by atoms with Gasteiger partial charge in [-0.25, -0.2) is 4.57 Å². The predicted octanol–water partition coefficient (Wildman–Crippen LogP) is 6.98. The average molecular weight is 437 g/mol. The lowest BCUT2D eigenvalue weighted by Crippen LogP contribution is -1.93. The van der Waals surface area contributed by atoms with Crippen molar-refractivity contribution in [2.45, 2.75) is 128 Å². The highest BCUT2D eigenvalue weighted by atomic mass is 31.2. The minimum atomic E-state index is -4.28. The third-order valence-corrected chi connectivity index (χ3v) is 5.81. The lowest BCUT2D eigenvalue weighted by atomic mass is 10.0. The molecule has 0 aromatic rings. The Morgan fingerprint density at radius 3 is 1.10 bits per heavy atom. The molecule has 0 fully saturated rings. The number of hydrogen-bond acceptors (Lipinski definition) is 3. The van der Waals surface area contributed by atoms with Crippen molar-refractivity contribution in [3.8, 4) is 0 Å². The number of hydrogen-bond donors (Lipinski definition) is 3. The second kappa shape index (κ2) is 20.8. The van der Waals surface area contributed by atoms with Crippen molar-refractivity contribution in [1.82, 2.24) is 0 Å². The molecule has 0 saturated heterocycles. The minimum Gasteiger partial charge on any atom is -0.481 e. The van der Waals surface area contributed by atoms with Crippen molar-refractivity contribution in [3.05, 3.63) is 0 Å². The van der Waals surface area contributed by atoms with Crippen LogP contribution in [0, 0.1) is 0 Å². The Labute approximate surface area is 178 Å². The zero-order chi connectivity index (χ0) is 21.6. The van der Waals surface area contributed by atoms with E-state index in [1.165, 1.54) is 89.9 Å². The van der Waals surface area contributed by atoms with Crippen molar-refractivity contribution in [3.63, 3.8) is 0 Å². The van der Waals surface area contributed by atoms with E-state index in [0.29, 0.717) is 6.42 Å². The largest absolute Gasteiger partial charge is 0.481 e. The van der Waals surface area contributed by atoms with Crippen LogP contribution in [0.5, 0.6) is 0 Å². The number of carbonyl (C=O) groups is 1. The van der Waals surface area contributed by atoms with Gasteiger partial charge in [0.05, 0.1) is 6.61 Å². The van der Waals surface area contributed by atoms with Crippen molar-refractivity contribution in [1.29, 1.82) is 0 Å². The molecule has 0 heterocycles. The summed E-state index contributed by atoms with van der Waals surface area (Å²) in [7, 11) is -4.28. The van der Waals surface area contributed by atoms with Crippen LogP contribution in [-0.2, 0) is 13.9 Å². The second-order valence-corrected chi connectivity index (χ2v) is 9.42. The standard InChI is InChI=1S/C22H45O6P/c23-22(24)20-18-16-14-12-10-8-6-4-2-1-3-5-7-9-11-13-15-17-19-21-28-29(25,26)27/h1-21H2,(H,23,24)(H2,25,26,27). The van der Waals surface area contributed by atoms with Gasteiger partial charge in [-0.2, -0.15) is 0 Å². The third-order valence-electron chi connectivity index (χ3n) is 5.29. The lowest BCUT2D eigenvalue weighted by Gasteiger charge is -2.05. The Bertz CT molecular complexity index is 410. The summed E-state index contributed by atoms with van der Waals surface area (Å²) >= 11 is 0. The summed E-state index contributed by atoms with van der Waals surface area (Å²) in [5.74, 6) is -0.674. The van der Waals surface area contributed by atoms with Gasteiger partial charge in [-0.1, -0.05) is 109 Å². The van der Waals surface area contributed by atoms with Gasteiger partial charge in [0.25, 0.3) is 0 Å². The Hall–Kier alpha value is -0.420. The molecule has 3 N–H and O–H groups in total. The number of aliphatic carboxylic acids is 1. The zero-order valence-corrected chi connectivity index (χ0v) is 19.3. The van der Waals surface area contributed by atoms with Crippen LogP contribution in [-0.4, -0.2) is 27.5 Å². The van der Waals surface area contributed by atoms with Gasteiger partial charge in [0.1, 0.15) is 0 Å². The highest BCUT2D eigenvalue weighted by Crippen LogP contribution is 2.35. The van der Waals surface area contributed by atoms with E-state index in [0.717, 1.165) is 32.1 Å². The van der Waals surface area contributed by atoms with E-state index in [4.69, 9.17) is 14.9 Å². The van der Waals surface area contributed by atoms with Gasteiger partial charge < -0.3 is 14.9 Å². The number of phosphoric acid groups is 1. The van der Waals surface area contributed by atoms with E-state index in [1.54, 1.807) is 0 Å². The fraction of sp³-hybridized carbons (Fsp3) is 0.955. The first-order chi connectivity index (χ1) is 13.9. The number of rotatable bonds is 23. The topological polar surface area (TPSA) is 104 Å². The van der Waals surface area contributed by atoms with Crippen LogP contribution in [0.2, 0.25) is 0 Å². The first-order valence-electron chi connectivity index (χ1n) is 11.8. The van der Waals surface area contributed by atoms with E-state index >= 15 is 0 Å². The Balaban J connectivity index is 3.05. The highest BCUT2D eigenvalue weighted by molar-refractivity contribution is 7.46. The second-order valence-electron chi connectivity index (χ2n) is 8.19. The van der Waals surface area contributed by atoms with Crippen LogP contribution < -0.4 is 0 Å².